The van der Waals surface area contributed by atoms with E-state index < -0.39 is 0 Å². The van der Waals surface area contributed by atoms with Crippen molar-refractivity contribution in [1.82, 2.24) is 15.3 Å². The summed E-state index contributed by atoms with van der Waals surface area (Å²) in [5, 5.41) is 8.92. The molecule has 3 aromatic rings. The van der Waals surface area contributed by atoms with Crippen LogP contribution in [0.5, 0.6) is 0 Å². The van der Waals surface area contributed by atoms with Gasteiger partial charge in [-0.3, -0.25) is 4.98 Å². The molecule has 0 fully saturated rings. The highest BCUT2D eigenvalue weighted by Crippen LogP contribution is 2.28. The molecule has 0 spiro atoms. The summed E-state index contributed by atoms with van der Waals surface area (Å²) < 4.78 is 0. The van der Waals surface area contributed by atoms with Crippen LogP contribution in [0, 0.1) is 6.92 Å². The summed E-state index contributed by atoms with van der Waals surface area (Å²) in [6.07, 6.45) is 3.83. The van der Waals surface area contributed by atoms with E-state index in [-0.39, 0.29) is 6.04 Å². The Kier molecular flexibility index (Phi) is 3.27. The molecule has 19 heavy (non-hydrogen) atoms. The molecule has 1 aromatic carbocycles. The smallest absolute Gasteiger partial charge is 0.0898 e. The van der Waals surface area contributed by atoms with Crippen LogP contribution < -0.4 is 5.32 Å². The largest absolute Gasteiger partial charge is 0.308 e. The van der Waals surface area contributed by atoms with Gasteiger partial charge in [0.2, 0.25) is 0 Å². The van der Waals surface area contributed by atoms with E-state index in [2.05, 4.69) is 38.9 Å². The zero-order valence-electron chi connectivity index (χ0n) is 10.9. The minimum Gasteiger partial charge on any atom is -0.308 e. The van der Waals surface area contributed by atoms with Gasteiger partial charge in [-0.1, -0.05) is 24.3 Å². The minimum atomic E-state index is 0.0866. The summed E-state index contributed by atoms with van der Waals surface area (Å²) in [6.45, 7) is 2.03. The van der Waals surface area contributed by atoms with Crippen molar-refractivity contribution >= 4 is 22.1 Å². The first-order chi connectivity index (χ1) is 9.29. The molecule has 0 aliphatic carbocycles. The highest BCUT2D eigenvalue weighted by atomic mass is 32.1. The summed E-state index contributed by atoms with van der Waals surface area (Å²) >= 11 is 1.68. The second kappa shape index (κ2) is 5.07. The Morgan fingerprint density at radius 2 is 2.05 bits per heavy atom. The number of nitrogens with zero attached hydrogens (tertiary/aromatic N) is 2. The third-order valence-electron chi connectivity index (χ3n) is 3.23. The zero-order valence-corrected chi connectivity index (χ0v) is 11.7. The van der Waals surface area contributed by atoms with E-state index in [0.29, 0.717) is 0 Å². The average molecular weight is 269 g/mol. The van der Waals surface area contributed by atoms with Gasteiger partial charge >= 0.3 is 0 Å². The standard InChI is InChI=1S/C15H15N3S/c1-10-18-14(9-19-10)15(16-2)13-8-17-7-11-5-3-4-6-12(11)13/h3-9,15-16H,1-2H3. The molecule has 0 saturated carbocycles. The number of thiazole rings is 1. The topological polar surface area (TPSA) is 37.8 Å². The monoisotopic (exact) mass is 269 g/mol. The third kappa shape index (κ3) is 2.25. The Labute approximate surface area is 116 Å². The van der Waals surface area contributed by atoms with Crippen LogP contribution in [0.3, 0.4) is 0 Å². The molecule has 4 heteroatoms. The van der Waals surface area contributed by atoms with Gasteiger partial charge in [0, 0.05) is 28.7 Å². The average Bonchev–Trinajstić information content (AvgIpc) is 2.86. The Morgan fingerprint density at radius 1 is 1.21 bits per heavy atom. The van der Waals surface area contributed by atoms with Crippen molar-refractivity contribution in [2.24, 2.45) is 0 Å². The molecule has 0 amide bonds. The third-order valence-corrected chi connectivity index (χ3v) is 4.02. The van der Waals surface area contributed by atoms with Crippen LogP contribution in [-0.2, 0) is 0 Å². The number of benzene rings is 1. The highest BCUT2D eigenvalue weighted by molar-refractivity contribution is 7.09. The van der Waals surface area contributed by atoms with Crippen LogP contribution in [0.1, 0.15) is 22.3 Å². The van der Waals surface area contributed by atoms with Gasteiger partial charge in [-0.15, -0.1) is 11.3 Å². The SMILES string of the molecule is CNC(c1csc(C)n1)c1cncc2ccccc12. The second-order valence-electron chi connectivity index (χ2n) is 4.46. The molecule has 96 valence electrons. The molecule has 0 aliphatic heterocycles. The Hall–Kier alpha value is -1.78. The Morgan fingerprint density at radius 3 is 2.79 bits per heavy atom. The molecule has 3 nitrogen and oxygen atoms in total. The van der Waals surface area contributed by atoms with Gasteiger partial charge < -0.3 is 5.32 Å². The van der Waals surface area contributed by atoms with Gasteiger partial charge in [-0.25, -0.2) is 4.98 Å². The van der Waals surface area contributed by atoms with Gasteiger partial charge in [-0.05, 0) is 19.4 Å². The van der Waals surface area contributed by atoms with Crippen LogP contribution in [0.25, 0.3) is 10.8 Å². The molecule has 2 aromatic heterocycles. The van der Waals surface area contributed by atoms with E-state index in [1.807, 2.05) is 32.4 Å². The van der Waals surface area contributed by atoms with Gasteiger partial charge in [0.15, 0.2) is 0 Å². The lowest BCUT2D eigenvalue weighted by Crippen LogP contribution is -2.18. The normalized spacial score (nSPS) is 12.7. The van der Waals surface area contributed by atoms with Crippen LogP contribution in [-0.4, -0.2) is 17.0 Å². The fraction of sp³-hybridized carbons (Fsp3) is 0.200. The minimum absolute atomic E-state index is 0.0866. The molecule has 0 radical (unpaired) electrons. The molecule has 2 heterocycles. The maximum atomic E-state index is 4.59. The lowest BCUT2D eigenvalue weighted by atomic mass is 10.00. The molecule has 1 N–H and O–H groups in total. The first kappa shape index (κ1) is 12.3. The summed E-state index contributed by atoms with van der Waals surface area (Å²) in [6, 6.07) is 8.41. The predicted molar refractivity (Wildman–Crippen MR) is 79.5 cm³/mol. The van der Waals surface area contributed by atoms with Crippen molar-refractivity contribution in [2.75, 3.05) is 7.05 Å². The van der Waals surface area contributed by atoms with E-state index in [0.717, 1.165) is 16.1 Å². The van der Waals surface area contributed by atoms with E-state index in [1.54, 1.807) is 11.3 Å². The van der Waals surface area contributed by atoms with E-state index in [1.165, 1.54) is 10.9 Å². The number of aryl methyl sites for hydroxylation is 1. The van der Waals surface area contributed by atoms with Crippen LogP contribution in [0.15, 0.2) is 42.0 Å². The summed E-state index contributed by atoms with van der Waals surface area (Å²) in [5.74, 6) is 0. The van der Waals surface area contributed by atoms with Crippen molar-refractivity contribution in [2.45, 2.75) is 13.0 Å². The molecule has 1 unspecified atom stereocenters. The van der Waals surface area contributed by atoms with Crippen molar-refractivity contribution < 1.29 is 0 Å². The highest BCUT2D eigenvalue weighted by Gasteiger charge is 2.17. The van der Waals surface area contributed by atoms with Gasteiger partial charge in [0.1, 0.15) is 0 Å². The summed E-state index contributed by atoms with van der Waals surface area (Å²) in [7, 11) is 1.96. The van der Waals surface area contributed by atoms with Crippen molar-refractivity contribution in [1.29, 1.82) is 0 Å². The molecule has 0 aliphatic rings. The van der Waals surface area contributed by atoms with Crippen molar-refractivity contribution in [3.05, 3.63) is 58.3 Å². The summed E-state index contributed by atoms with van der Waals surface area (Å²) in [4.78, 5) is 8.94. The first-order valence-electron chi connectivity index (χ1n) is 6.21. The van der Waals surface area contributed by atoms with E-state index in [4.69, 9.17) is 0 Å². The number of pyridine rings is 1. The van der Waals surface area contributed by atoms with Gasteiger partial charge in [0.05, 0.1) is 16.7 Å². The number of aromatic nitrogens is 2. The van der Waals surface area contributed by atoms with Crippen LogP contribution in [0.2, 0.25) is 0 Å². The molecule has 0 saturated heterocycles. The van der Waals surface area contributed by atoms with Crippen molar-refractivity contribution in [3.63, 3.8) is 0 Å². The fourth-order valence-corrected chi connectivity index (χ4v) is 2.98. The Bertz CT molecular complexity index is 700. The van der Waals surface area contributed by atoms with Crippen LogP contribution in [0.4, 0.5) is 0 Å². The number of hydrogen-bond donors (Lipinski definition) is 1. The lowest BCUT2D eigenvalue weighted by molar-refractivity contribution is 0.676. The molecule has 0 bridgehead atoms. The van der Waals surface area contributed by atoms with Gasteiger partial charge in [-0.2, -0.15) is 0 Å². The maximum absolute atomic E-state index is 4.59. The van der Waals surface area contributed by atoms with Crippen LogP contribution >= 0.6 is 11.3 Å². The van der Waals surface area contributed by atoms with E-state index >= 15 is 0 Å². The number of rotatable bonds is 3. The first-order valence-corrected chi connectivity index (χ1v) is 7.09. The molecular weight excluding hydrogens is 254 g/mol. The maximum Gasteiger partial charge on any atom is 0.0898 e. The second-order valence-corrected chi connectivity index (χ2v) is 5.53. The molecular formula is C15H15N3S. The molecule has 1 atom stereocenters. The predicted octanol–water partition coefficient (Wildman–Crippen LogP) is 3.31. The van der Waals surface area contributed by atoms with Gasteiger partial charge in [0.25, 0.3) is 0 Å². The lowest BCUT2D eigenvalue weighted by Gasteiger charge is -2.16. The number of nitrogens with one attached hydrogen (secondary N) is 1. The quantitative estimate of drug-likeness (QED) is 0.792. The zero-order chi connectivity index (χ0) is 13.2. The Balaban J connectivity index is 2.16. The number of hydrogen-bond acceptors (Lipinski definition) is 4. The fourth-order valence-electron chi connectivity index (χ4n) is 2.35. The summed E-state index contributed by atoms with van der Waals surface area (Å²) in [5.41, 5.74) is 2.23. The van der Waals surface area contributed by atoms with E-state index in [9.17, 15) is 0 Å². The number of fused-ring (bicyclic) bond motifs is 1. The van der Waals surface area contributed by atoms with Crippen molar-refractivity contribution in [3.8, 4) is 0 Å². The molecule has 3 rings (SSSR count).